The minimum atomic E-state index is -3.67. The number of rotatable bonds is 9. The maximum absolute atomic E-state index is 12.5. The highest BCUT2D eigenvalue weighted by Crippen LogP contribution is 2.25. The summed E-state index contributed by atoms with van der Waals surface area (Å²) in [7, 11) is -0.808. The van der Waals surface area contributed by atoms with Gasteiger partial charge in [0.1, 0.15) is 17.1 Å². The van der Waals surface area contributed by atoms with Gasteiger partial charge in [-0.15, -0.1) is 0 Å². The summed E-state index contributed by atoms with van der Waals surface area (Å²) in [5.74, 6) is -0.605. The number of pyridine rings is 1. The monoisotopic (exact) mass is 469 g/mol. The Morgan fingerprint density at radius 1 is 1.00 bits per heavy atom. The Bertz CT molecular complexity index is 1230. The Hall–Kier alpha value is -3.76. The second-order valence-electron chi connectivity index (χ2n) is 7.03. The Kier molecular flexibility index (Phi) is 7.75. The summed E-state index contributed by atoms with van der Waals surface area (Å²) in [4.78, 5) is 28.8. The van der Waals surface area contributed by atoms with Crippen LogP contribution in [0.4, 0.5) is 0 Å². The average Bonchev–Trinajstić information content (AvgIpc) is 2.82. The zero-order valence-electron chi connectivity index (χ0n) is 18.1. The molecule has 1 heterocycles. The van der Waals surface area contributed by atoms with Crippen LogP contribution in [0.15, 0.2) is 78.0 Å². The fourth-order valence-corrected chi connectivity index (χ4v) is 3.93. The van der Waals surface area contributed by atoms with Gasteiger partial charge in [0.2, 0.25) is 10.0 Å². The van der Waals surface area contributed by atoms with Crippen LogP contribution in [0, 0.1) is 0 Å². The molecule has 0 atom stereocenters. The smallest absolute Gasteiger partial charge is 0.342 e. The number of nitrogens with one attached hydrogen (secondary N) is 1. The quantitative estimate of drug-likeness (QED) is 0.479. The molecule has 2 aromatic carbocycles. The molecule has 1 N–H and O–H groups in total. The van der Waals surface area contributed by atoms with Crippen molar-refractivity contribution >= 4 is 21.9 Å². The van der Waals surface area contributed by atoms with Crippen LogP contribution in [0.3, 0.4) is 0 Å². The van der Waals surface area contributed by atoms with Crippen LogP contribution in [-0.2, 0) is 26.1 Å². The van der Waals surface area contributed by atoms with Gasteiger partial charge in [0, 0.05) is 26.8 Å². The third-order valence-corrected chi connectivity index (χ3v) is 6.43. The van der Waals surface area contributed by atoms with Gasteiger partial charge in [-0.3, -0.25) is 9.78 Å². The van der Waals surface area contributed by atoms with Crippen molar-refractivity contribution in [1.82, 2.24) is 14.6 Å². The third-order valence-electron chi connectivity index (χ3n) is 4.51. The highest BCUT2D eigenvalue weighted by molar-refractivity contribution is 7.89. The number of sulfonamides is 1. The van der Waals surface area contributed by atoms with E-state index in [1.54, 1.807) is 54.7 Å². The Balaban J connectivity index is 1.60. The number of hydrogen-bond acceptors (Lipinski definition) is 7. The standard InChI is InChI=1S/C23H23N3O6S/c1-26(2)33(29,30)21-12-6-3-8-17(21)14-25-22(27)16-31-23(28)19-10-4-5-11-20(19)32-18-9-7-13-24-15-18/h3-13,15H,14,16H2,1-2H3,(H,25,27). The molecule has 10 heteroatoms. The van der Waals surface area contributed by atoms with E-state index in [1.165, 1.54) is 32.4 Å². The van der Waals surface area contributed by atoms with Crippen molar-refractivity contribution in [3.05, 3.63) is 84.2 Å². The average molecular weight is 470 g/mol. The van der Waals surface area contributed by atoms with E-state index in [0.717, 1.165) is 4.31 Å². The van der Waals surface area contributed by atoms with Crippen molar-refractivity contribution < 1.29 is 27.5 Å². The maximum Gasteiger partial charge on any atom is 0.342 e. The minimum absolute atomic E-state index is 0.0413. The van der Waals surface area contributed by atoms with Gasteiger partial charge in [0.15, 0.2) is 6.61 Å². The molecule has 0 spiro atoms. The number of aromatic nitrogens is 1. The van der Waals surface area contributed by atoms with E-state index < -0.39 is 28.5 Å². The largest absolute Gasteiger partial charge is 0.455 e. The zero-order chi connectivity index (χ0) is 23.8. The Labute approximate surface area is 192 Å². The van der Waals surface area contributed by atoms with E-state index in [0.29, 0.717) is 11.3 Å². The van der Waals surface area contributed by atoms with Gasteiger partial charge >= 0.3 is 5.97 Å². The number of para-hydroxylation sites is 1. The fourth-order valence-electron chi connectivity index (χ4n) is 2.81. The number of ether oxygens (including phenoxy) is 2. The van der Waals surface area contributed by atoms with E-state index in [2.05, 4.69) is 10.3 Å². The lowest BCUT2D eigenvalue weighted by atomic mass is 10.2. The molecule has 0 radical (unpaired) electrons. The van der Waals surface area contributed by atoms with Gasteiger partial charge < -0.3 is 14.8 Å². The fraction of sp³-hybridized carbons (Fsp3) is 0.174. The van der Waals surface area contributed by atoms with E-state index in [4.69, 9.17) is 9.47 Å². The first-order chi connectivity index (χ1) is 15.8. The second-order valence-corrected chi connectivity index (χ2v) is 9.16. The lowest BCUT2D eigenvalue weighted by Gasteiger charge is -2.15. The highest BCUT2D eigenvalue weighted by atomic mass is 32.2. The number of nitrogens with zero attached hydrogens (tertiary/aromatic N) is 2. The molecular formula is C23H23N3O6S. The summed E-state index contributed by atoms with van der Waals surface area (Å²) < 4.78 is 36.8. The van der Waals surface area contributed by atoms with E-state index in [9.17, 15) is 18.0 Å². The SMILES string of the molecule is CN(C)S(=O)(=O)c1ccccc1CNC(=O)COC(=O)c1ccccc1Oc1cccnc1. The zero-order valence-corrected chi connectivity index (χ0v) is 18.9. The minimum Gasteiger partial charge on any atom is -0.455 e. The summed E-state index contributed by atoms with van der Waals surface area (Å²) >= 11 is 0. The van der Waals surface area contributed by atoms with Crippen LogP contribution in [-0.4, -0.2) is 50.3 Å². The van der Waals surface area contributed by atoms with Gasteiger partial charge in [-0.2, -0.15) is 0 Å². The summed E-state index contributed by atoms with van der Waals surface area (Å²) in [5, 5.41) is 2.57. The molecule has 1 aromatic heterocycles. The van der Waals surface area contributed by atoms with Crippen LogP contribution in [0.5, 0.6) is 11.5 Å². The molecule has 9 nitrogen and oxygen atoms in total. The van der Waals surface area contributed by atoms with Crippen LogP contribution in [0.25, 0.3) is 0 Å². The lowest BCUT2D eigenvalue weighted by molar-refractivity contribution is -0.124. The predicted octanol–water partition coefficient (Wildman–Crippen LogP) is 2.60. The number of amides is 1. The van der Waals surface area contributed by atoms with E-state index in [-0.39, 0.29) is 22.8 Å². The van der Waals surface area contributed by atoms with Crippen LogP contribution in [0.1, 0.15) is 15.9 Å². The third kappa shape index (κ3) is 6.15. The van der Waals surface area contributed by atoms with Crippen LogP contribution < -0.4 is 10.1 Å². The first kappa shape index (κ1) is 23.9. The van der Waals surface area contributed by atoms with Crippen LogP contribution in [0.2, 0.25) is 0 Å². The number of carbonyl (C=O) groups excluding carboxylic acids is 2. The molecule has 172 valence electrons. The first-order valence-electron chi connectivity index (χ1n) is 9.90. The molecule has 0 aliphatic rings. The highest BCUT2D eigenvalue weighted by Gasteiger charge is 2.21. The lowest BCUT2D eigenvalue weighted by Crippen LogP contribution is -2.30. The molecule has 0 bridgehead atoms. The van der Waals surface area contributed by atoms with Crippen molar-refractivity contribution in [3.63, 3.8) is 0 Å². The van der Waals surface area contributed by atoms with Crippen molar-refractivity contribution in [2.75, 3.05) is 20.7 Å². The van der Waals surface area contributed by atoms with Crippen molar-refractivity contribution in [3.8, 4) is 11.5 Å². The van der Waals surface area contributed by atoms with E-state index in [1.807, 2.05) is 0 Å². The second kappa shape index (κ2) is 10.7. The molecule has 3 rings (SSSR count). The molecule has 33 heavy (non-hydrogen) atoms. The molecule has 3 aromatic rings. The normalized spacial score (nSPS) is 11.1. The maximum atomic E-state index is 12.5. The molecule has 1 amide bonds. The van der Waals surface area contributed by atoms with Crippen LogP contribution >= 0.6 is 0 Å². The molecule has 0 aliphatic heterocycles. The molecule has 0 unspecified atom stereocenters. The topological polar surface area (TPSA) is 115 Å². The number of carbonyl (C=O) groups is 2. The molecular weight excluding hydrogens is 446 g/mol. The summed E-state index contributed by atoms with van der Waals surface area (Å²) in [5.41, 5.74) is 0.567. The number of benzene rings is 2. The number of esters is 1. The Morgan fingerprint density at radius 3 is 2.45 bits per heavy atom. The molecule has 0 saturated heterocycles. The van der Waals surface area contributed by atoms with Gasteiger partial charge in [0.25, 0.3) is 5.91 Å². The van der Waals surface area contributed by atoms with E-state index >= 15 is 0 Å². The summed E-state index contributed by atoms with van der Waals surface area (Å²) in [6.45, 7) is -0.580. The number of hydrogen-bond donors (Lipinski definition) is 1. The van der Waals surface area contributed by atoms with Crippen molar-refractivity contribution in [2.45, 2.75) is 11.4 Å². The van der Waals surface area contributed by atoms with Gasteiger partial charge in [0.05, 0.1) is 11.1 Å². The van der Waals surface area contributed by atoms with Crippen molar-refractivity contribution in [2.24, 2.45) is 0 Å². The van der Waals surface area contributed by atoms with Gasteiger partial charge in [-0.1, -0.05) is 30.3 Å². The van der Waals surface area contributed by atoms with Crippen molar-refractivity contribution in [1.29, 1.82) is 0 Å². The van der Waals surface area contributed by atoms with Gasteiger partial charge in [-0.25, -0.2) is 17.5 Å². The predicted molar refractivity (Wildman–Crippen MR) is 120 cm³/mol. The van der Waals surface area contributed by atoms with Gasteiger partial charge in [-0.05, 0) is 35.9 Å². The Morgan fingerprint density at radius 2 is 1.73 bits per heavy atom. The molecule has 0 saturated carbocycles. The summed E-state index contributed by atoms with van der Waals surface area (Å²) in [6.07, 6.45) is 3.10. The molecule has 0 fully saturated rings. The molecule has 0 aliphatic carbocycles. The summed E-state index contributed by atoms with van der Waals surface area (Å²) in [6, 6.07) is 16.2. The first-order valence-corrected chi connectivity index (χ1v) is 11.3.